The van der Waals surface area contributed by atoms with E-state index in [0.29, 0.717) is 13.2 Å². The van der Waals surface area contributed by atoms with Gasteiger partial charge >= 0.3 is 0 Å². The number of benzene rings is 1. The van der Waals surface area contributed by atoms with E-state index in [1.54, 1.807) is 0 Å². The summed E-state index contributed by atoms with van der Waals surface area (Å²) in [6, 6.07) is 10.1. The lowest BCUT2D eigenvalue weighted by molar-refractivity contribution is -0.243. The molecule has 0 saturated carbocycles. The van der Waals surface area contributed by atoms with Crippen LogP contribution in [-0.4, -0.2) is 42.6 Å². The fraction of sp³-hybridized carbons (Fsp3) is 0.600. The van der Waals surface area contributed by atoms with Crippen molar-refractivity contribution in [3.05, 3.63) is 35.9 Å². The number of hydroxylamine groups is 2. The molecule has 106 valence electrons. The van der Waals surface area contributed by atoms with Crippen LogP contribution in [0.1, 0.15) is 24.8 Å². The number of aliphatic hydroxyl groups excluding tert-OH is 1. The molecule has 0 amide bonds. The van der Waals surface area contributed by atoms with Gasteiger partial charge in [0.05, 0.1) is 13.2 Å². The minimum Gasteiger partial charge on any atom is -0.396 e. The predicted octanol–water partition coefficient (Wildman–Crippen LogP) is 1.98. The van der Waals surface area contributed by atoms with Crippen molar-refractivity contribution in [2.45, 2.75) is 32.0 Å². The Kier molecular flexibility index (Phi) is 6.30. The molecular weight excluding hydrogens is 242 g/mol. The second-order valence-corrected chi connectivity index (χ2v) is 4.88. The Bertz CT molecular complexity index is 341. The summed E-state index contributed by atoms with van der Waals surface area (Å²) in [6.07, 6.45) is 2.85. The molecule has 2 rings (SSSR count). The van der Waals surface area contributed by atoms with E-state index in [1.165, 1.54) is 12.0 Å². The van der Waals surface area contributed by atoms with Crippen LogP contribution < -0.4 is 0 Å². The molecule has 4 nitrogen and oxygen atoms in total. The van der Waals surface area contributed by atoms with Crippen molar-refractivity contribution in [2.24, 2.45) is 0 Å². The van der Waals surface area contributed by atoms with Crippen LogP contribution in [0.3, 0.4) is 0 Å². The average molecular weight is 265 g/mol. The Morgan fingerprint density at radius 1 is 1.21 bits per heavy atom. The quantitative estimate of drug-likeness (QED) is 0.741. The number of rotatable bonds is 9. The summed E-state index contributed by atoms with van der Waals surface area (Å²) in [5.74, 6) is 0. The fourth-order valence-corrected chi connectivity index (χ4v) is 1.97. The molecule has 1 heterocycles. The van der Waals surface area contributed by atoms with Gasteiger partial charge in [0, 0.05) is 19.7 Å². The Hall–Kier alpha value is -0.940. The van der Waals surface area contributed by atoms with Crippen molar-refractivity contribution in [2.75, 3.05) is 26.3 Å². The third-order valence-electron chi connectivity index (χ3n) is 3.21. The van der Waals surface area contributed by atoms with Crippen molar-refractivity contribution < 1.29 is 14.7 Å². The largest absolute Gasteiger partial charge is 0.396 e. The van der Waals surface area contributed by atoms with Crippen LogP contribution in [0.15, 0.2) is 30.3 Å². The van der Waals surface area contributed by atoms with Crippen LogP contribution in [0.4, 0.5) is 0 Å². The smallest absolute Gasteiger partial charge is 0.103 e. The van der Waals surface area contributed by atoms with Crippen LogP contribution >= 0.6 is 0 Å². The first kappa shape index (κ1) is 14.5. The summed E-state index contributed by atoms with van der Waals surface area (Å²) in [5.41, 5.74) is 1.17. The van der Waals surface area contributed by atoms with Gasteiger partial charge in [-0.05, 0) is 24.8 Å². The molecule has 1 aliphatic rings. The van der Waals surface area contributed by atoms with Gasteiger partial charge in [0.15, 0.2) is 0 Å². The summed E-state index contributed by atoms with van der Waals surface area (Å²) in [6.45, 7) is 3.41. The highest BCUT2D eigenvalue weighted by molar-refractivity contribution is 5.13. The maximum Gasteiger partial charge on any atom is 0.103 e. The number of nitrogens with zero attached hydrogens (tertiary/aromatic N) is 1. The van der Waals surface area contributed by atoms with Crippen LogP contribution in [-0.2, 0) is 16.2 Å². The Labute approximate surface area is 114 Å². The molecule has 0 spiro atoms. The van der Waals surface area contributed by atoms with Crippen molar-refractivity contribution in [3.63, 3.8) is 0 Å². The topological polar surface area (TPSA) is 41.9 Å². The van der Waals surface area contributed by atoms with Gasteiger partial charge in [-0.15, -0.1) is 0 Å². The third-order valence-corrected chi connectivity index (χ3v) is 3.21. The zero-order valence-corrected chi connectivity index (χ0v) is 11.3. The molecule has 1 aliphatic heterocycles. The van der Waals surface area contributed by atoms with Gasteiger partial charge < -0.3 is 9.84 Å². The Morgan fingerprint density at radius 3 is 2.63 bits per heavy atom. The van der Waals surface area contributed by atoms with Crippen molar-refractivity contribution in [3.8, 4) is 0 Å². The van der Waals surface area contributed by atoms with Crippen molar-refractivity contribution >= 4 is 0 Å². The normalized spacial score (nSPS) is 17.1. The number of aliphatic hydroxyl groups is 1. The molecule has 0 aliphatic carbocycles. The first-order valence-corrected chi connectivity index (χ1v) is 7.03. The van der Waals surface area contributed by atoms with E-state index in [4.69, 9.17) is 14.7 Å². The first-order valence-electron chi connectivity index (χ1n) is 7.03. The van der Waals surface area contributed by atoms with Crippen LogP contribution in [0.2, 0.25) is 0 Å². The lowest BCUT2D eigenvalue weighted by Crippen LogP contribution is -2.41. The second-order valence-electron chi connectivity index (χ2n) is 4.88. The van der Waals surface area contributed by atoms with E-state index < -0.39 is 0 Å². The summed E-state index contributed by atoms with van der Waals surface area (Å²) in [5, 5.41) is 10.9. The Morgan fingerprint density at radius 2 is 2.00 bits per heavy atom. The van der Waals surface area contributed by atoms with Gasteiger partial charge in [0.1, 0.15) is 6.10 Å². The lowest BCUT2D eigenvalue weighted by Gasteiger charge is -2.33. The van der Waals surface area contributed by atoms with E-state index in [9.17, 15) is 0 Å². The molecule has 4 heteroatoms. The summed E-state index contributed by atoms with van der Waals surface area (Å²) < 4.78 is 5.72. The summed E-state index contributed by atoms with van der Waals surface area (Å²) in [4.78, 5) is 5.82. The molecule has 0 bridgehead atoms. The average Bonchev–Trinajstić information content (AvgIpc) is 2.40. The molecule has 19 heavy (non-hydrogen) atoms. The number of hydrogen-bond acceptors (Lipinski definition) is 4. The van der Waals surface area contributed by atoms with Crippen molar-refractivity contribution in [1.29, 1.82) is 0 Å². The maximum absolute atomic E-state index is 8.91. The highest BCUT2D eigenvalue weighted by Crippen LogP contribution is 2.13. The zero-order chi connectivity index (χ0) is 13.3. The SMILES string of the molecule is OCCCC(COCc1ccccc1)ON1CCC1. The van der Waals surface area contributed by atoms with Crippen molar-refractivity contribution in [1.82, 2.24) is 5.06 Å². The Balaban J connectivity index is 1.68. The number of hydrogen-bond donors (Lipinski definition) is 1. The van der Waals surface area contributed by atoms with Gasteiger partial charge in [-0.2, -0.15) is 5.06 Å². The van der Waals surface area contributed by atoms with Gasteiger partial charge in [0.2, 0.25) is 0 Å². The summed E-state index contributed by atoms with van der Waals surface area (Å²) >= 11 is 0. The standard InChI is InChI=1S/C15H23NO3/c17-11-4-8-15(19-16-9-5-10-16)13-18-12-14-6-2-1-3-7-14/h1-3,6-7,15,17H,4-5,8-13H2. The van der Waals surface area contributed by atoms with Gasteiger partial charge in [-0.3, -0.25) is 4.84 Å². The van der Waals surface area contributed by atoms with E-state index in [0.717, 1.165) is 25.9 Å². The molecule has 1 aromatic carbocycles. The molecule has 0 aromatic heterocycles. The number of ether oxygens (including phenoxy) is 1. The first-order chi connectivity index (χ1) is 9.38. The molecule has 1 unspecified atom stereocenters. The molecule has 1 saturated heterocycles. The van der Waals surface area contributed by atoms with E-state index in [2.05, 4.69) is 12.1 Å². The third kappa shape index (κ3) is 5.28. The predicted molar refractivity (Wildman–Crippen MR) is 73.5 cm³/mol. The molecular formula is C15H23NO3. The van der Waals surface area contributed by atoms with Crippen LogP contribution in [0.25, 0.3) is 0 Å². The van der Waals surface area contributed by atoms with Gasteiger partial charge in [-0.1, -0.05) is 30.3 Å². The minimum absolute atomic E-state index is 0.0520. The van der Waals surface area contributed by atoms with E-state index in [1.807, 2.05) is 23.3 Å². The molecule has 1 fully saturated rings. The summed E-state index contributed by atoms with van der Waals surface area (Å²) in [7, 11) is 0. The molecule has 0 radical (unpaired) electrons. The zero-order valence-electron chi connectivity index (χ0n) is 11.3. The van der Waals surface area contributed by atoms with E-state index >= 15 is 0 Å². The van der Waals surface area contributed by atoms with E-state index in [-0.39, 0.29) is 12.7 Å². The molecule has 1 atom stereocenters. The minimum atomic E-state index is 0.0520. The van der Waals surface area contributed by atoms with Crippen LogP contribution in [0.5, 0.6) is 0 Å². The fourth-order valence-electron chi connectivity index (χ4n) is 1.97. The highest BCUT2D eigenvalue weighted by atomic mass is 16.7. The van der Waals surface area contributed by atoms with Crippen LogP contribution in [0, 0.1) is 0 Å². The monoisotopic (exact) mass is 265 g/mol. The molecule has 1 aromatic rings. The maximum atomic E-state index is 8.91. The van der Waals surface area contributed by atoms with Gasteiger partial charge in [-0.25, -0.2) is 0 Å². The van der Waals surface area contributed by atoms with Gasteiger partial charge in [0.25, 0.3) is 0 Å². The second kappa shape index (κ2) is 8.27. The lowest BCUT2D eigenvalue weighted by atomic mass is 10.2. The molecule has 1 N–H and O–H groups in total. The highest BCUT2D eigenvalue weighted by Gasteiger charge is 2.20.